The molecule has 0 spiro atoms. The van der Waals surface area contributed by atoms with Crippen molar-refractivity contribution in [1.82, 2.24) is 9.97 Å². The molecule has 1 saturated heterocycles. The minimum Gasteiger partial charge on any atom is -0.393 e. The number of anilines is 1. The van der Waals surface area contributed by atoms with Crippen LogP contribution in [-0.4, -0.2) is 47.0 Å². The van der Waals surface area contributed by atoms with E-state index < -0.39 is 5.60 Å². The van der Waals surface area contributed by atoms with E-state index in [-0.39, 0.29) is 12.4 Å². The topological polar surface area (TPSA) is 58.5 Å². The predicted molar refractivity (Wildman–Crippen MR) is 80.1 cm³/mol. The molecule has 0 saturated carbocycles. The fourth-order valence-corrected chi connectivity index (χ4v) is 2.72. The summed E-state index contributed by atoms with van der Waals surface area (Å²) in [5.74, 6) is 0.309. The molecule has 1 unspecified atom stereocenters. The van der Waals surface area contributed by atoms with Gasteiger partial charge in [-0.15, -0.1) is 0 Å². The van der Waals surface area contributed by atoms with E-state index in [0.29, 0.717) is 37.6 Å². The number of nitrogens with zero attached hydrogens (tertiary/aromatic N) is 3. The maximum Gasteiger partial charge on any atom is 0.225 e. The minimum absolute atomic E-state index is 0.190. The Hall–Kier alpha value is -2.05. The fraction of sp³-hybridized carbons (Fsp3) is 0.375. The summed E-state index contributed by atoms with van der Waals surface area (Å²) in [5.41, 5.74) is -0.313. The zero-order chi connectivity index (χ0) is 15.4. The Morgan fingerprint density at radius 2 is 2.00 bits per heavy atom. The Morgan fingerprint density at radius 3 is 2.73 bits per heavy atom. The number of morpholine rings is 1. The summed E-state index contributed by atoms with van der Waals surface area (Å²) in [7, 11) is 0. The van der Waals surface area contributed by atoms with Gasteiger partial charge in [0.1, 0.15) is 11.4 Å². The molecule has 1 fully saturated rings. The van der Waals surface area contributed by atoms with Gasteiger partial charge in [0.2, 0.25) is 5.95 Å². The molecule has 1 atom stereocenters. The van der Waals surface area contributed by atoms with Crippen molar-refractivity contribution in [2.75, 3.05) is 31.2 Å². The second-order valence-corrected chi connectivity index (χ2v) is 5.43. The molecule has 1 N–H and O–H groups in total. The molecule has 2 aromatic rings. The third-order valence-electron chi connectivity index (χ3n) is 3.84. The molecule has 0 radical (unpaired) electrons. The van der Waals surface area contributed by atoms with Gasteiger partial charge >= 0.3 is 0 Å². The SMILES string of the molecule is OCC1(Cc2ccccc2F)CN(c2ncccn2)CCO1. The molecule has 22 heavy (non-hydrogen) atoms. The quantitative estimate of drug-likeness (QED) is 0.926. The molecule has 1 aliphatic heterocycles. The van der Waals surface area contributed by atoms with Crippen LogP contribution >= 0.6 is 0 Å². The lowest BCUT2D eigenvalue weighted by Gasteiger charge is -2.41. The molecule has 3 rings (SSSR count). The molecular weight excluding hydrogens is 285 g/mol. The van der Waals surface area contributed by atoms with E-state index in [1.54, 1.807) is 36.7 Å². The fourth-order valence-electron chi connectivity index (χ4n) is 2.72. The van der Waals surface area contributed by atoms with Crippen LogP contribution in [0, 0.1) is 5.82 Å². The maximum absolute atomic E-state index is 13.9. The molecular formula is C16H18FN3O2. The summed E-state index contributed by atoms with van der Waals surface area (Å²) >= 11 is 0. The van der Waals surface area contributed by atoms with Gasteiger partial charge in [0.25, 0.3) is 0 Å². The van der Waals surface area contributed by atoms with E-state index in [9.17, 15) is 9.50 Å². The molecule has 0 amide bonds. The lowest BCUT2D eigenvalue weighted by molar-refractivity contribution is -0.0874. The van der Waals surface area contributed by atoms with E-state index in [4.69, 9.17) is 4.74 Å². The standard InChI is InChI=1S/C16H18FN3O2/c17-14-5-2-1-4-13(14)10-16(12-21)11-20(8-9-22-16)15-18-6-3-7-19-15/h1-7,21H,8-12H2. The summed E-state index contributed by atoms with van der Waals surface area (Å²) in [6, 6.07) is 8.32. The van der Waals surface area contributed by atoms with Crippen LogP contribution < -0.4 is 4.90 Å². The van der Waals surface area contributed by atoms with Crippen LogP contribution in [-0.2, 0) is 11.2 Å². The Kier molecular flexibility index (Phi) is 4.31. The third-order valence-corrected chi connectivity index (χ3v) is 3.84. The number of hydrogen-bond donors (Lipinski definition) is 1. The zero-order valence-electron chi connectivity index (χ0n) is 12.2. The first kappa shape index (κ1) is 14.9. The first-order valence-electron chi connectivity index (χ1n) is 7.23. The van der Waals surface area contributed by atoms with Gasteiger partial charge in [-0.25, -0.2) is 14.4 Å². The van der Waals surface area contributed by atoms with Crippen LogP contribution in [0.2, 0.25) is 0 Å². The molecule has 6 heteroatoms. The van der Waals surface area contributed by atoms with E-state index in [0.717, 1.165) is 0 Å². The van der Waals surface area contributed by atoms with E-state index >= 15 is 0 Å². The van der Waals surface area contributed by atoms with Crippen molar-refractivity contribution in [1.29, 1.82) is 0 Å². The highest BCUT2D eigenvalue weighted by molar-refractivity contribution is 5.31. The largest absolute Gasteiger partial charge is 0.393 e. The van der Waals surface area contributed by atoms with Crippen molar-refractivity contribution in [2.45, 2.75) is 12.0 Å². The molecule has 0 bridgehead atoms. The van der Waals surface area contributed by atoms with E-state index in [1.165, 1.54) is 6.07 Å². The highest BCUT2D eigenvalue weighted by atomic mass is 19.1. The molecule has 116 valence electrons. The van der Waals surface area contributed by atoms with Crippen molar-refractivity contribution >= 4 is 5.95 Å². The highest BCUT2D eigenvalue weighted by Gasteiger charge is 2.38. The van der Waals surface area contributed by atoms with Crippen molar-refractivity contribution in [3.05, 3.63) is 54.1 Å². The normalized spacial score (nSPS) is 21.8. The Bertz CT molecular complexity index is 626. The van der Waals surface area contributed by atoms with Crippen LogP contribution in [0.5, 0.6) is 0 Å². The van der Waals surface area contributed by atoms with Gasteiger partial charge in [-0.1, -0.05) is 18.2 Å². The molecule has 0 aliphatic carbocycles. The summed E-state index contributed by atoms with van der Waals surface area (Å²) in [5, 5.41) is 9.84. The zero-order valence-corrected chi connectivity index (χ0v) is 12.2. The number of rotatable bonds is 4. The predicted octanol–water partition coefficient (Wildman–Crippen LogP) is 1.43. The van der Waals surface area contributed by atoms with Crippen LogP contribution in [0.15, 0.2) is 42.7 Å². The van der Waals surface area contributed by atoms with Crippen molar-refractivity contribution in [3.63, 3.8) is 0 Å². The second kappa shape index (κ2) is 6.37. The lowest BCUT2D eigenvalue weighted by atomic mass is 9.93. The number of benzene rings is 1. The van der Waals surface area contributed by atoms with Gasteiger partial charge in [-0.2, -0.15) is 0 Å². The van der Waals surface area contributed by atoms with Gasteiger partial charge in [-0.3, -0.25) is 0 Å². The summed E-state index contributed by atoms with van der Waals surface area (Å²) < 4.78 is 19.7. The maximum atomic E-state index is 13.9. The second-order valence-electron chi connectivity index (χ2n) is 5.43. The smallest absolute Gasteiger partial charge is 0.225 e. The Labute approximate surface area is 128 Å². The molecule has 1 aromatic heterocycles. The highest BCUT2D eigenvalue weighted by Crippen LogP contribution is 2.25. The number of aromatic nitrogens is 2. The molecule has 2 heterocycles. The van der Waals surface area contributed by atoms with Crippen LogP contribution in [0.1, 0.15) is 5.56 Å². The minimum atomic E-state index is -0.848. The first-order chi connectivity index (χ1) is 10.7. The van der Waals surface area contributed by atoms with Crippen molar-refractivity contribution in [2.24, 2.45) is 0 Å². The van der Waals surface area contributed by atoms with Crippen LogP contribution in [0.3, 0.4) is 0 Å². The van der Waals surface area contributed by atoms with Crippen molar-refractivity contribution in [3.8, 4) is 0 Å². The lowest BCUT2D eigenvalue weighted by Crippen LogP contribution is -2.56. The monoisotopic (exact) mass is 303 g/mol. The molecule has 5 nitrogen and oxygen atoms in total. The molecule has 1 aromatic carbocycles. The number of halogens is 1. The summed E-state index contributed by atoms with van der Waals surface area (Å²) in [4.78, 5) is 10.4. The third kappa shape index (κ3) is 3.08. The van der Waals surface area contributed by atoms with Gasteiger partial charge in [0.05, 0.1) is 19.8 Å². The Morgan fingerprint density at radius 1 is 1.23 bits per heavy atom. The number of hydrogen-bond acceptors (Lipinski definition) is 5. The van der Waals surface area contributed by atoms with Crippen molar-refractivity contribution < 1.29 is 14.2 Å². The van der Waals surface area contributed by atoms with E-state index in [2.05, 4.69) is 9.97 Å². The summed E-state index contributed by atoms with van der Waals surface area (Å²) in [6.45, 7) is 1.31. The average molecular weight is 303 g/mol. The molecule has 1 aliphatic rings. The first-order valence-corrected chi connectivity index (χ1v) is 7.23. The average Bonchev–Trinajstić information content (AvgIpc) is 2.58. The Balaban J connectivity index is 1.82. The van der Waals surface area contributed by atoms with Crippen LogP contribution in [0.25, 0.3) is 0 Å². The number of ether oxygens (including phenoxy) is 1. The number of aliphatic hydroxyl groups is 1. The van der Waals surface area contributed by atoms with Crippen LogP contribution in [0.4, 0.5) is 10.3 Å². The number of aliphatic hydroxyl groups excluding tert-OH is 1. The van der Waals surface area contributed by atoms with Gasteiger partial charge in [-0.05, 0) is 17.7 Å². The van der Waals surface area contributed by atoms with Gasteiger partial charge in [0, 0.05) is 25.4 Å². The van der Waals surface area contributed by atoms with Gasteiger partial charge in [0.15, 0.2) is 0 Å². The van der Waals surface area contributed by atoms with E-state index in [1.807, 2.05) is 4.90 Å². The summed E-state index contributed by atoms with van der Waals surface area (Å²) in [6.07, 6.45) is 3.66. The van der Waals surface area contributed by atoms with Gasteiger partial charge < -0.3 is 14.7 Å².